The highest BCUT2D eigenvalue weighted by Crippen LogP contribution is 2.49. The van der Waals surface area contributed by atoms with Crippen LogP contribution >= 0.6 is 15.9 Å². The highest BCUT2D eigenvalue weighted by atomic mass is 79.9. The van der Waals surface area contributed by atoms with Gasteiger partial charge in [0.25, 0.3) is 0 Å². The number of pyridine rings is 1. The van der Waals surface area contributed by atoms with Crippen LogP contribution in [-0.2, 0) is 27.1 Å². The van der Waals surface area contributed by atoms with Crippen molar-refractivity contribution >= 4 is 27.3 Å². The van der Waals surface area contributed by atoms with E-state index in [9.17, 15) is 0 Å². The second kappa shape index (κ2) is 12.3. The minimum absolute atomic E-state index is 0.0117. The predicted molar refractivity (Wildman–Crippen MR) is 206 cm³/mol. The van der Waals surface area contributed by atoms with Gasteiger partial charge in [-0.05, 0) is 100 Å². The third-order valence-electron chi connectivity index (χ3n) is 9.00. The van der Waals surface area contributed by atoms with E-state index in [2.05, 4.69) is 185 Å². The fourth-order valence-electron chi connectivity index (χ4n) is 6.02. The molecule has 3 aromatic carbocycles. The van der Waals surface area contributed by atoms with Gasteiger partial charge in [0.05, 0.1) is 15.8 Å². The number of benzene rings is 3. The lowest BCUT2D eigenvalue weighted by molar-refractivity contribution is 0.577. The minimum Gasteiger partial charge on any atom is -0.353 e. The molecule has 4 aromatic rings. The van der Waals surface area contributed by atoms with Crippen molar-refractivity contribution in [2.45, 2.75) is 131 Å². The molecule has 0 saturated carbocycles. The largest absolute Gasteiger partial charge is 0.353 e. The molecule has 0 unspecified atom stereocenters. The summed E-state index contributed by atoms with van der Waals surface area (Å²) < 4.78 is 0.936. The normalized spacial score (nSPS) is 13.2. The highest BCUT2D eigenvalue weighted by Gasteiger charge is 2.30. The summed E-state index contributed by atoms with van der Waals surface area (Å²) in [6.45, 7) is 34.8. The lowest BCUT2D eigenvalue weighted by Gasteiger charge is -2.32. The molecular formula is C43H57BrN2. The van der Waals surface area contributed by atoms with E-state index in [1.54, 1.807) is 0 Å². The van der Waals surface area contributed by atoms with Crippen molar-refractivity contribution in [1.29, 1.82) is 0 Å². The summed E-state index contributed by atoms with van der Waals surface area (Å²) in [4.78, 5) is 4.38. The number of aromatic nitrogens is 1. The molecule has 0 saturated heterocycles. The van der Waals surface area contributed by atoms with Crippen LogP contribution in [0.4, 0.5) is 11.4 Å². The van der Waals surface area contributed by atoms with Crippen LogP contribution in [0.2, 0.25) is 0 Å². The third kappa shape index (κ3) is 7.79. The molecule has 246 valence electrons. The van der Waals surface area contributed by atoms with Gasteiger partial charge in [0.2, 0.25) is 0 Å². The maximum atomic E-state index is 4.38. The average Bonchev–Trinajstić information content (AvgIpc) is 2.91. The van der Waals surface area contributed by atoms with Gasteiger partial charge < -0.3 is 5.32 Å². The molecule has 0 aliphatic heterocycles. The second-order valence-electron chi connectivity index (χ2n) is 18.2. The third-order valence-corrected chi connectivity index (χ3v) is 9.64. The summed E-state index contributed by atoms with van der Waals surface area (Å²) in [6.07, 6.45) is 3.73. The van der Waals surface area contributed by atoms with Gasteiger partial charge in [0, 0.05) is 23.5 Å². The molecule has 3 heteroatoms. The molecule has 1 heterocycles. The Morgan fingerprint density at radius 3 is 1.22 bits per heavy atom. The Balaban J connectivity index is 2.30. The van der Waals surface area contributed by atoms with Crippen molar-refractivity contribution in [2.75, 3.05) is 5.32 Å². The van der Waals surface area contributed by atoms with Crippen molar-refractivity contribution in [3.05, 3.63) is 99.3 Å². The molecular weight excluding hydrogens is 624 g/mol. The SMILES string of the molecule is CC(C)(C)c1ccc(C(C)(C)C)c(-c2cc(C(C)(C)C)cc(-c3cc(C(C)(C)C)ccc3C(C)(C)C)c2Nc2ccncc2Br)c1. The topological polar surface area (TPSA) is 24.9 Å². The zero-order valence-corrected chi connectivity index (χ0v) is 32.8. The molecule has 0 amide bonds. The van der Waals surface area contributed by atoms with Crippen LogP contribution in [0.5, 0.6) is 0 Å². The van der Waals surface area contributed by atoms with E-state index in [-0.39, 0.29) is 27.1 Å². The van der Waals surface area contributed by atoms with Crippen molar-refractivity contribution in [3.8, 4) is 22.3 Å². The molecule has 0 atom stereocenters. The average molecular weight is 682 g/mol. The number of hydrogen-bond donors (Lipinski definition) is 1. The van der Waals surface area contributed by atoms with Crippen LogP contribution in [0.3, 0.4) is 0 Å². The monoisotopic (exact) mass is 680 g/mol. The number of halogens is 1. The quantitative estimate of drug-likeness (QED) is 0.232. The molecule has 4 rings (SSSR count). The van der Waals surface area contributed by atoms with Gasteiger partial charge in [-0.25, -0.2) is 0 Å². The first-order valence-corrected chi connectivity index (χ1v) is 17.5. The lowest BCUT2D eigenvalue weighted by Crippen LogP contribution is -2.18. The van der Waals surface area contributed by atoms with Crippen molar-refractivity contribution in [1.82, 2.24) is 4.98 Å². The predicted octanol–water partition coefficient (Wildman–Crippen LogP) is 13.4. The number of rotatable bonds is 4. The first kappa shape index (κ1) is 35.9. The van der Waals surface area contributed by atoms with E-state index in [1.165, 1.54) is 50.1 Å². The van der Waals surface area contributed by atoms with Gasteiger partial charge in [0.15, 0.2) is 0 Å². The van der Waals surface area contributed by atoms with Gasteiger partial charge in [0.1, 0.15) is 0 Å². The lowest BCUT2D eigenvalue weighted by atomic mass is 9.74. The van der Waals surface area contributed by atoms with E-state index in [0.29, 0.717) is 0 Å². The van der Waals surface area contributed by atoms with Gasteiger partial charge in [-0.15, -0.1) is 0 Å². The van der Waals surface area contributed by atoms with Crippen LogP contribution in [0.1, 0.15) is 132 Å². The van der Waals surface area contributed by atoms with Gasteiger partial charge in [-0.2, -0.15) is 0 Å². The van der Waals surface area contributed by atoms with Crippen molar-refractivity contribution in [2.24, 2.45) is 0 Å². The minimum atomic E-state index is -0.0631. The Hall–Kier alpha value is -2.91. The van der Waals surface area contributed by atoms with Gasteiger partial charge >= 0.3 is 0 Å². The molecule has 1 N–H and O–H groups in total. The molecule has 0 spiro atoms. The number of nitrogens with zero attached hydrogens (tertiary/aromatic N) is 1. The maximum absolute atomic E-state index is 4.38. The zero-order chi connectivity index (χ0) is 34.6. The van der Waals surface area contributed by atoms with Crippen LogP contribution in [0.15, 0.2) is 71.5 Å². The summed E-state index contributed by atoms with van der Waals surface area (Å²) in [5, 5.41) is 3.97. The number of anilines is 2. The van der Waals surface area contributed by atoms with Crippen LogP contribution in [0, 0.1) is 0 Å². The van der Waals surface area contributed by atoms with Crippen LogP contribution in [-0.4, -0.2) is 4.98 Å². The Morgan fingerprint density at radius 1 is 0.478 bits per heavy atom. The fourth-order valence-corrected chi connectivity index (χ4v) is 6.37. The van der Waals surface area contributed by atoms with Crippen LogP contribution in [0.25, 0.3) is 22.3 Å². The van der Waals surface area contributed by atoms with Crippen molar-refractivity contribution < 1.29 is 0 Å². The fraction of sp³-hybridized carbons (Fsp3) is 0.465. The van der Waals surface area contributed by atoms with Crippen molar-refractivity contribution in [3.63, 3.8) is 0 Å². The zero-order valence-electron chi connectivity index (χ0n) is 31.2. The van der Waals surface area contributed by atoms with E-state index < -0.39 is 0 Å². The van der Waals surface area contributed by atoms with Gasteiger partial charge in [-0.3, -0.25) is 4.98 Å². The standard InChI is InChI=1S/C43H57BrN2/c1-39(2,3)27-16-18-34(42(10,11)12)30(22-27)32-24-29(41(7,8)9)25-33(38(32)46-37-20-21-45-26-36(37)44)31-23-28(40(4,5)6)17-19-35(31)43(13,14)15/h16-26H,1-15H3,(H,45,46). The van der Waals surface area contributed by atoms with Gasteiger partial charge in [-0.1, -0.05) is 140 Å². The molecule has 0 fully saturated rings. The molecule has 0 bridgehead atoms. The summed E-state index contributed by atoms with van der Waals surface area (Å²) in [5.74, 6) is 0. The molecule has 0 aliphatic rings. The first-order chi connectivity index (χ1) is 20.9. The van der Waals surface area contributed by atoms with E-state index in [1.807, 2.05) is 12.4 Å². The molecule has 2 nitrogen and oxygen atoms in total. The van der Waals surface area contributed by atoms with Crippen LogP contribution < -0.4 is 5.32 Å². The smallest absolute Gasteiger partial charge is 0.0593 e. The Bertz CT molecular complexity index is 1630. The molecule has 0 radical (unpaired) electrons. The Labute approximate surface area is 289 Å². The summed E-state index contributed by atoms with van der Waals surface area (Å²) >= 11 is 3.80. The highest BCUT2D eigenvalue weighted by molar-refractivity contribution is 9.10. The molecule has 0 aliphatic carbocycles. The first-order valence-electron chi connectivity index (χ1n) is 16.7. The van der Waals surface area contributed by atoms with E-state index >= 15 is 0 Å². The van der Waals surface area contributed by atoms with E-state index in [0.717, 1.165) is 15.8 Å². The molecule has 46 heavy (non-hydrogen) atoms. The second-order valence-corrected chi connectivity index (χ2v) is 19.1. The number of nitrogens with one attached hydrogen (secondary N) is 1. The molecule has 1 aromatic heterocycles. The summed E-state index contributed by atoms with van der Waals surface area (Å²) in [7, 11) is 0. The Kier molecular flexibility index (Phi) is 9.59. The number of hydrogen-bond acceptors (Lipinski definition) is 2. The summed E-state index contributed by atoms with van der Waals surface area (Å²) in [6, 6.07) is 21.3. The maximum Gasteiger partial charge on any atom is 0.0593 e. The Morgan fingerprint density at radius 2 is 0.870 bits per heavy atom. The summed E-state index contributed by atoms with van der Waals surface area (Å²) in [5.41, 5.74) is 13.6. The van der Waals surface area contributed by atoms with E-state index in [4.69, 9.17) is 0 Å².